The van der Waals surface area contributed by atoms with Gasteiger partial charge in [0.15, 0.2) is 9.84 Å². The van der Waals surface area contributed by atoms with Crippen molar-refractivity contribution in [2.24, 2.45) is 0 Å². The van der Waals surface area contributed by atoms with E-state index in [0.29, 0.717) is 29.2 Å². The number of hydrogen-bond acceptors (Lipinski definition) is 6. The number of fused-ring (bicyclic) bond motifs is 1. The van der Waals surface area contributed by atoms with E-state index in [4.69, 9.17) is 9.47 Å². The van der Waals surface area contributed by atoms with Gasteiger partial charge in [0.25, 0.3) is 0 Å². The zero-order valence-corrected chi connectivity index (χ0v) is 22.0. The Morgan fingerprint density at radius 2 is 1.63 bits per heavy atom. The molecule has 1 aliphatic rings. The third-order valence-corrected chi connectivity index (χ3v) is 7.89. The number of hydrogen-bond donors (Lipinski definition) is 1. The highest BCUT2D eigenvalue weighted by Gasteiger charge is 2.18. The van der Waals surface area contributed by atoms with Crippen LogP contribution in [0, 0.1) is 5.82 Å². The molecule has 4 aromatic carbocycles. The molecule has 4 aromatic rings. The molecule has 0 spiro atoms. The third kappa shape index (κ3) is 5.92. The van der Waals surface area contributed by atoms with Crippen LogP contribution < -0.4 is 9.47 Å². The predicted octanol–water partition coefficient (Wildman–Crippen LogP) is 6.41. The molecule has 1 saturated heterocycles. The first-order valence-corrected chi connectivity index (χ1v) is 14.6. The van der Waals surface area contributed by atoms with Gasteiger partial charge in [-0.25, -0.2) is 12.8 Å². The van der Waals surface area contributed by atoms with E-state index in [1.54, 1.807) is 36.4 Å². The van der Waals surface area contributed by atoms with E-state index in [-0.39, 0.29) is 10.6 Å². The fourth-order valence-electron chi connectivity index (χ4n) is 4.79. The Hall–Kier alpha value is -3.62. The first-order valence-electron chi connectivity index (χ1n) is 12.7. The molecule has 8 heteroatoms. The summed E-state index contributed by atoms with van der Waals surface area (Å²) in [6.07, 6.45) is 4.77. The van der Waals surface area contributed by atoms with Crippen molar-refractivity contribution in [2.45, 2.75) is 24.2 Å². The lowest BCUT2D eigenvalue weighted by molar-refractivity contribution is 0.183. The minimum atomic E-state index is -3.70. The second kappa shape index (κ2) is 11.0. The lowest BCUT2D eigenvalue weighted by Crippen LogP contribution is -2.33. The van der Waals surface area contributed by atoms with Crippen LogP contribution in [-0.2, 0) is 9.84 Å². The molecule has 0 bridgehead atoms. The molecule has 5 rings (SSSR count). The average Bonchev–Trinajstić information content (AvgIpc) is 2.89. The molecular formula is C30H30FNO5S. The largest absolute Gasteiger partial charge is 0.508 e. The summed E-state index contributed by atoms with van der Waals surface area (Å²) < 4.78 is 50.8. The molecule has 0 radical (unpaired) electrons. The number of nitrogens with zero attached hydrogens (tertiary/aromatic N) is 1. The summed E-state index contributed by atoms with van der Waals surface area (Å²) in [4.78, 5) is 2.07. The van der Waals surface area contributed by atoms with Crippen molar-refractivity contribution in [3.05, 3.63) is 78.6 Å². The van der Waals surface area contributed by atoms with Crippen LogP contribution in [0.3, 0.4) is 0 Å². The van der Waals surface area contributed by atoms with Crippen LogP contribution in [-0.4, -0.2) is 50.9 Å². The summed E-state index contributed by atoms with van der Waals surface area (Å²) in [5.74, 6) is 1.06. The standard InChI is InChI=1S/C30H30FNO5S/c1-38(34,35)29-14-6-22(20-28(29)31)26-12-5-21-19-23(33)7-13-27(21)30(26)37-25-10-8-24(9-11-25)36-18-17-32-15-3-2-4-16-32/h5-14,19-20,33H,2-4,15-18H2,1H3. The lowest BCUT2D eigenvalue weighted by atomic mass is 9.99. The smallest absolute Gasteiger partial charge is 0.178 e. The van der Waals surface area contributed by atoms with Crippen molar-refractivity contribution in [3.8, 4) is 34.1 Å². The normalized spacial score (nSPS) is 14.5. The number of rotatable bonds is 8. The van der Waals surface area contributed by atoms with Crippen molar-refractivity contribution in [3.63, 3.8) is 0 Å². The lowest BCUT2D eigenvalue weighted by Gasteiger charge is -2.26. The summed E-state index contributed by atoms with van der Waals surface area (Å²) in [6.45, 7) is 3.77. The van der Waals surface area contributed by atoms with Crippen molar-refractivity contribution in [1.82, 2.24) is 4.90 Å². The van der Waals surface area contributed by atoms with E-state index in [2.05, 4.69) is 4.90 Å². The molecule has 198 valence electrons. The van der Waals surface area contributed by atoms with Crippen LogP contribution >= 0.6 is 0 Å². The van der Waals surface area contributed by atoms with Crippen molar-refractivity contribution in [1.29, 1.82) is 0 Å². The van der Waals surface area contributed by atoms with Gasteiger partial charge in [-0.2, -0.15) is 0 Å². The molecule has 0 aliphatic carbocycles. The molecule has 1 aliphatic heterocycles. The second-order valence-corrected chi connectivity index (χ2v) is 11.6. The van der Waals surface area contributed by atoms with Crippen LogP contribution in [0.25, 0.3) is 21.9 Å². The molecule has 0 aromatic heterocycles. The quantitative estimate of drug-likeness (QED) is 0.281. The number of phenols is 1. The van der Waals surface area contributed by atoms with Gasteiger partial charge in [-0.1, -0.05) is 18.6 Å². The minimum absolute atomic E-state index is 0.116. The fraction of sp³-hybridized carbons (Fsp3) is 0.267. The Labute approximate surface area is 222 Å². The number of ether oxygens (including phenoxy) is 2. The van der Waals surface area contributed by atoms with Gasteiger partial charge in [0, 0.05) is 23.8 Å². The van der Waals surface area contributed by atoms with Crippen LogP contribution in [0.1, 0.15) is 19.3 Å². The summed E-state index contributed by atoms with van der Waals surface area (Å²) in [5, 5.41) is 11.4. The Kier molecular flexibility index (Phi) is 7.53. The monoisotopic (exact) mass is 535 g/mol. The summed E-state index contributed by atoms with van der Waals surface area (Å²) in [7, 11) is -3.70. The van der Waals surface area contributed by atoms with E-state index >= 15 is 0 Å². The highest BCUT2D eigenvalue weighted by molar-refractivity contribution is 7.90. The average molecular weight is 536 g/mol. The predicted molar refractivity (Wildman–Crippen MR) is 146 cm³/mol. The number of halogens is 1. The van der Waals surface area contributed by atoms with Gasteiger partial charge in [-0.15, -0.1) is 0 Å². The highest BCUT2D eigenvalue weighted by atomic mass is 32.2. The maximum atomic E-state index is 14.8. The van der Waals surface area contributed by atoms with E-state index in [9.17, 15) is 17.9 Å². The van der Waals surface area contributed by atoms with Gasteiger partial charge in [0.1, 0.15) is 40.3 Å². The van der Waals surface area contributed by atoms with Crippen LogP contribution in [0.2, 0.25) is 0 Å². The van der Waals surface area contributed by atoms with Gasteiger partial charge in [-0.3, -0.25) is 4.90 Å². The molecule has 0 unspecified atom stereocenters. The number of likely N-dealkylation sites (tertiary alicyclic amines) is 1. The molecule has 6 nitrogen and oxygen atoms in total. The van der Waals surface area contributed by atoms with Crippen LogP contribution in [0.4, 0.5) is 4.39 Å². The summed E-state index contributed by atoms with van der Waals surface area (Å²) in [5.41, 5.74) is 1.06. The van der Waals surface area contributed by atoms with E-state index in [1.165, 1.54) is 31.4 Å². The van der Waals surface area contributed by atoms with Gasteiger partial charge < -0.3 is 14.6 Å². The Bertz CT molecular complexity index is 1550. The number of sulfone groups is 1. The molecule has 0 atom stereocenters. The number of aromatic hydroxyl groups is 1. The topological polar surface area (TPSA) is 76.1 Å². The minimum Gasteiger partial charge on any atom is -0.508 e. The van der Waals surface area contributed by atoms with Crippen molar-refractivity contribution in [2.75, 3.05) is 32.5 Å². The van der Waals surface area contributed by atoms with E-state index in [1.807, 2.05) is 24.3 Å². The number of piperidine rings is 1. The number of phenolic OH excluding ortho intramolecular Hbond substituents is 1. The third-order valence-electron chi connectivity index (χ3n) is 6.76. The molecule has 1 N–H and O–H groups in total. The second-order valence-electron chi connectivity index (χ2n) is 9.59. The molecule has 38 heavy (non-hydrogen) atoms. The van der Waals surface area contributed by atoms with Crippen molar-refractivity contribution < 1.29 is 27.4 Å². The molecule has 0 amide bonds. The maximum absolute atomic E-state index is 14.8. The van der Waals surface area contributed by atoms with Gasteiger partial charge in [-0.05, 0) is 97.5 Å². The van der Waals surface area contributed by atoms with Gasteiger partial charge in [0.05, 0.1) is 0 Å². The van der Waals surface area contributed by atoms with Crippen LogP contribution in [0.15, 0.2) is 77.7 Å². The van der Waals surface area contributed by atoms with Crippen LogP contribution in [0.5, 0.6) is 23.0 Å². The zero-order valence-electron chi connectivity index (χ0n) is 21.2. The molecular weight excluding hydrogens is 505 g/mol. The van der Waals surface area contributed by atoms with E-state index < -0.39 is 15.7 Å². The SMILES string of the molecule is CS(=O)(=O)c1ccc(-c2ccc3cc(O)ccc3c2Oc2ccc(OCCN3CCCCC3)cc2)cc1F. The van der Waals surface area contributed by atoms with Crippen molar-refractivity contribution >= 4 is 20.6 Å². The summed E-state index contributed by atoms with van der Waals surface area (Å²) in [6, 6.07) is 19.8. The first-order chi connectivity index (χ1) is 18.3. The molecule has 0 saturated carbocycles. The summed E-state index contributed by atoms with van der Waals surface area (Å²) >= 11 is 0. The van der Waals surface area contributed by atoms with E-state index in [0.717, 1.165) is 42.4 Å². The molecule has 1 fully saturated rings. The fourth-order valence-corrected chi connectivity index (χ4v) is 5.52. The molecule has 1 heterocycles. The number of benzene rings is 4. The van der Waals surface area contributed by atoms with Gasteiger partial charge >= 0.3 is 0 Å². The highest BCUT2D eigenvalue weighted by Crippen LogP contribution is 2.41. The zero-order chi connectivity index (χ0) is 26.7. The first kappa shape index (κ1) is 26.0. The Morgan fingerprint density at radius 3 is 2.34 bits per heavy atom. The Balaban J connectivity index is 1.42. The van der Waals surface area contributed by atoms with Gasteiger partial charge in [0.2, 0.25) is 0 Å². The maximum Gasteiger partial charge on any atom is 0.178 e. The Morgan fingerprint density at radius 1 is 0.895 bits per heavy atom.